The Labute approximate surface area is 177 Å². The maximum Gasteiger partial charge on any atom is 0.258 e. The second-order valence-electron chi connectivity index (χ2n) is 7.06. The Hall–Kier alpha value is -3.44. The van der Waals surface area contributed by atoms with Crippen LogP contribution in [0.2, 0.25) is 5.02 Å². The lowest BCUT2D eigenvalue weighted by Gasteiger charge is -2.24. The number of carbonyl (C=O) groups excluding carboxylic acids is 1. The standard InChI is InChI=1S/C24H18ClFN2O2/c1-15-8-10-16(11-9-15)24(30)28(19-5-2-4-18(25)13-19)14-17-12-22(29)27-23-20(17)6-3-7-21(23)26/h2-13H,14H2,1H3,(H,27,29). The fourth-order valence-corrected chi connectivity index (χ4v) is 3.58. The molecule has 3 aromatic carbocycles. The Morgan fingerprint density at radius 3 is 2.50 bits per heavy atom. The SMILES string of the molecule is Cc1ccc(C(=O)N(Cc2cc(=O)[nH]c3c(F)cccc23)c2cccc(Cl)c2)cc1. The molecule has 0 aliphatic carbocycles. The van der Waals surface area contributed by atoms with Gasteiger partial charge in [-0.1, -0.05) is 47.5 Å². The van der Waals surface area contributed by atoms with Gasteiger partial charge in [0, 0.05) is 27.7 Å². The minimum atomic E-state index is -0.523. The van der Waals surface area contributed by atoms with Gasteiger partial charge in [-0.3, -0.25) is 9.59 Å². The molecule has 0 spiro atoms. The van der Waals surface area contributed by atoms with Crippen molar-refractivity contribution in [3.63, 3.8) is 0 Å². The van der Waals surface area contributed by atoms with Gasteiger partial charge in [0.2, 0.25) is 5.56 Å². The Kier molecular flexibility index (Phi) is 5.38. The summed E-state index contributed by atoms with van der Waals surface area (Å²) in [6.07, 6.45) is 0. The Balaban J connectivity index is 1.84. The molecular weight excluding hydrogens is 403 g/mol. The van der Waals surface area contributed by atoms with E-state index in [1.165, 1.54) is 17.0 Å². The number of anilines is 1. The van der Waals surface area contributed by atoms with Crippen LogP contribution in [0, 0.1) is 12.7 Å². The number of nitrogens with one attached hydrogen (secondary N) is 1. The van der Waals surface area contributed by atoms with Gasteiger partial charge < -0.3 is 9.88 Å². The van der Waals surface area contributed by atoms with Crippen LogP contribution in [0.3, 0.4) is 0 Å². The number of fused-ring (bicyclic) bond motifs is 1. The van der Waals surface area contributed by atoms with Crippen molar-refractivity contribution in [3.8, 4) is 0 Å². The number of para-hydroxylation sites is 1. The number of rotatable bonds is 4. The van der Waals surface area contributed by atoms with Crippen LogP contribution >= 0.6 is 11.6 Å². The molecule has 0 atom stereocenters. The van der Waals surface area contributed by atoms with E-state index in [9.17, 15) is 14.0 Å². The summed E-state index contributed by atoms with van der Waals surface area (Å²) < 4.78 is 14.3. The molecule has 4 rings (SSSR count). The summed E-state index contributed by atoms with van der Waals surface area (Å²) >= 11 is 6.16. The minimum absolute atomic E-state index is 0.0803. The largest absolute Gasteiger partial charge is 0.319 e. The molecule has 0 aliphatic rings. The molecule has 1 aromatic heterocycles. The maximum atomic E-state index is 14.3. The van der Waals surface area contributed by atoms with Gasteiger partial charge in [0.1, 0.15) is 5.82 Å². The van der Waals surface area contributed by atoms with Gasteiger partial charge in [-0.2, -0.15) is 0 Å². The van der Waals surface area contributed by atoms with Crippen LogP contribution in [-0.4, -0.2) is 10.9 Å². The average molecular weight is 421 g/mol. The number of halogens is 2. The lowest BCUT2D eigenvalue weighted by atomic mass is 10.1. The van der Waals surface area contributed by atoms with Crippen molar-refractivity contribution in [2.24, 2.45) is 0 Å². The first-order valence-electron chi connectivity index (χ1n) is 9.37. The second kappa shape index (κ2) is 8.13. The van der Waals surface area contributed by atoms with E-state index in [1.54, 1.807) is 48.5 Å². The zero-order valence-electron chi connectivity index (χ0n) is 16.2. The summed E-state index contributed by atoms with van der Waals surface area (Å²) in [6, 6.07) is 20.1. The quantitative estimate of drug-likeness (QED) is 0.475. The summed E-state index contributed by atoms with van der Waals surface area (Å²) in [4.78, 5) is 29.6. The zero-order valence-corrected chi connectivity index (χ0v) is 16.9. The molecule has 4 aromatic rings. The highest BCUT2D eigenvalue weighted by Crippen LogP contribution is 2.26. The van der Waals surface area contributed by atoms with Gasteiger partial charge >= 0.3 is 0 Å². The molecule has 4 nitrogen and oxygen atoms in total. The molecule has 30 heavy (non-hydrogen) atoms. The topological polar surface area (TPSA) is 53.2 Å². The first-order valence-corrected chi connectivity index (χ1v) is 9.75. The molecule has 0 saturated heterocycles. The third-order valence-electron chi connectivity index (χ3n) is 4.91. The number of aromatic amines is 1. The molecular formula is C24H18ClFN2O2. The van der Waals surface area contributed by atoms with Crippen molar-refractivity contribution in [2.75, 3.05) is 4.90 Å². The summed E-state index contributed by atoms with van der Waals surface area (Å²) in [5.41, 5.74) is 2.34. The van der Waals surface area contributed by atoms with Crippen LogP contribution < -0.4 is 10.5 Å². The summed E-state index contributed by atoms with van der Waals surface area (Å²) in [5, 5.41) is 1.02. The van der Waals surface area contributed by atoms with E-state index in [0.29, 0.717) is 27.2 Å². The maximum absolute atomic E-state index is 14.3. The molecule has 1 amide bonds. The van der Waals surface area contributed by atoms with Crippen LogP contribution in [0.5, 0.6) is 0 Å². The molecule has 0 fully saturated rings. The van der Waals surface area contributed by atoms with Crippen molar-refractivity contribution in [3.05, 3.63) is 111 Å². The van der Waals surface area contributed by atoms with Crippen molar-refractivity contribution in [1.29, 1.82) is 0 Å². The highest BCUT2D eigenvalue weighted by Gasteiger charge is 2.20. The Bertz CT molecular complexity index is 1300. The lowest BCUT2D eigenvalue weighted by molar-refractivity contribution is 0.0985. The van der Waals surface area contributed by atoms with Crippen molar-refractivity contribution in [2.45, 2.75) is 13.5 Å². The monoisotopic (exact) mass is 420 g/mol. The lowest BCUT2D eigenvalue weighted by Crippen LogP contribution is -2.31. The van der Waals surface area contributed by atoms with E-state index >= 15 is 0 Å². The third-order valence-corrected chi connectivity index (χ3v) is 5.14. The smallest absolute Gasteiger partial charge is 0.258 e. The fourth-order valence-electron chi connectivity index (χ4n) is 3.39. The molecule has 1 N–H and O–H groups in total. The Morgan fingerprint density at radius 2 is 1.77 bits per heavy atom. The predicted molar refractivity (Wildman–Crippen MR) is 118 cm³/mol. The van der Waals surface area contributed by atoms with E-state index in [4.69, 9.17) is 11.6 Å². The number of H-pyrrole nitrogens is 1. The van der Waals surface area contributed by atoms with Gasteiger partial charge in [0.25, 0.3) is 5.91 Å². The van der Waals surface area contributed by atoms with Crippen molar-refractivity contribution >= 4 is 34.1 Å². The van der Waals surface area contributed by atoms with E-state index in [-0.39, 0.29) is 18.0 Å². The molecule has 0 radical (unpaired) electrons. The van der Waals surface area contributed by atoms with Gasteiger partial charge in [0.05, 0.1) is 12.1 Å². The first kappa shape index (κ1) is 19.9. The number of hydrogen-bond donors (Lipinski definition) is 1. The number of aryl methyl sites for hydroxylation is 1. The number of pyridine rings is 1. The van der Waals surface area contributed by atoms with E-state index < -0.39 is 11.4 Å². The van der Waals surface area contributed by atoms with Crippen molar-refractivity contribution in [1.82, 2.24) is 4.98 Å². The van der Waals surface area contributed by atoms with Gasteiger partial charge in [-0.25, -0.2) is 4.39 Å². The molecule has 1 heterocycles. The van der Waals surface area contributed by atoms with E-state index in [2.05, 4.69) is 4.98 Å². The number of benzene rings is 3. The van der Waals surface area contributed by atoms with Crippen molar-refractivity contribution < 1.29 is 9.18 Å². The zero-order chi connectivity index (χ0) is 21.3. The highest BCUT2D eigenvalue weighted by molar-refractivity contribution is 6.31. The second-order valence-corrected chi connectivity index (χ2v) is 7.49. The van der Waals surface area contributed by atoms with Crippen LogP contribution in [0.4, 0.5) is 10.1 Å². The summed E-state index contributed by atoms with van der Waals surface area (Å²) in [5.74, 6) is -0.771. The number of amides is 1. The third kappa shape index (κ3) is 3.98. The number of nitrogens with zero attached hydrogens (tertiary/aromatic N) is 1. The van der Waals surface area contributed by atoms with Crippen LogP contribution in [0.15, 0.2) is 77.6 Å². The fraction of sp³-hybridized carbons (Fsp3) is 0.0833. The molecule has 0 unspecified atom stereocenters. The Morgan fingerprint density at radius 1 is 1.03 bits per heavy atom. The number of hydrogen-bond acceptors (Lipinski definition) is 2. The van der Waals surface area contributed by atoms with Crippen LogP contribution in [0.1, 0.15) is 21.5 Å². The average Bonchev–Trinajstić information content (AvgIpc) is 2.72. The van der Waals surface area contributed by atoms with Gasteiger partial charge in [-0.05, 0) is 48.9 Å². The van der Waals surface area contributed by atoms with E-state index in [1.807, 2.05) is 19.1 Å². The molecule has 0 aliphatic heterocycles. The minimum Gasteiger partial charge on any atom is -0.319 e. The molecule has 6 heteroatoms. The first-order chi connectivity index (χ1) is 14.4. The van der Waals surface area contributed by atoms with Gasteiger partial charge in [-0.15, -0.1) is 0 Å². The molecule has 150 valence electrons. The highest BCUT2D eigenvalue weighted by atomic mass is 35.5. The number of aromatic nitrogens is 1. The van der Waals surface area contributed by atoms with Crippen LogP contribution in [0.25, 0.3) is 10.9 Å². The van der Waals surface area contributed by atoms with E-state index in [0.717, 1.165) is 5.56 Å². The summed E-state index contributed by atoms with van der Waals surface area (Å²) in [7, 11) is 0. The predicted octanol–water partition coefficient (Wildman–Crippen LogP) is 5.48. The van der Waals surface area contributed by atoms with Crippen LogP contribution in [-0.2, 0) is 6.54 Å². The summed E-state index contributed by atoms with van der Waals surface area (Å²) in [6.45, 7) is 2.02. The molecule has 0 bridgehead atoms. The molecule has 0 saturated carbocycles. The normalized spacial score (nSPS) is 10.9. The van der Waals surface area contributed by atoms with Gasteiger partial charge in [0.15, 0.2) is 0 Å². The number of carbonyl (C=O) groups is 1.